The predicted molar refractivity (Wildman–Crippen MR) is 109 cm³/mol. The lowest BCUT2D eigenvalue weighted by Crippen LogP contribution is -2.17. The van der Waals surface area contributed by atoms with E-state index in [1.807, 2.05) is 45.0 Å². The monoisotopic (exact) mass is 421 g/mol. The van der Waals surface area contributed by atoms with Crippen LogP contribution in [0, 0.1) is 0 Å². The molecule has 4 nitrogen and oxygen atoms in total. The maximum atomic E-state index is 5.89. The second-order valence-corrected chi connectivity index (χ2v) is 7.10. The lowest BCUT2D eigenvalue weighted by Gasteiger charge is -2.17. The van der Waals surface area contributed by atoms with Gasteiger partial charge in [0, 0.05) is 6.54 Å². The number of benzene rings is 2. The first-order valence-corrected chi connectivity index (χ1v) is 9.79. The molecular weight excluding hydrogens is 394 g/mol. The van der Waals surface area contributed by atoms with Gasteiger partial charge in [-0.15, -0.1) is 0 Å². The average molecular weight is 422 g/mol. The number of nitrogens with one attached hydrogen (secondary N) is 1. The number of rotatable bonds is 10. The van der Waals surface area contributed by atoms with Crippen molar-refractivity contribution in [1.82, 2.24) is 5.32 Å². The summed E-state index contributed by atoms with van der Waals surface area (Å²) < 4.78 is 18.0. The van der Waals surface area contributed by atoms with Gasteiger partial charge in [-0.3, -0.25) is 0 Å². The maximum absolute atomic E-state index is 5.89. The molecule has 0 saturated heterocycles. The Balaban J connectivity index is 1.98. The first-order valence-electron chi connectivity index (χ1n) is 8.99. The molecule has 0 aliphatic heterocycles. The molecular formula is C21H28BrNO3. The summed E-state index contributed by atoms with van der Waals surface area (Å²) in [5.74, 6) is 2.47. The molecule has 0 aromatic heterocycles. The molecule has 0 aliphatic carbocycles. The Kier molecular flexibility index (Phi) is 8.26. The fraction of sp³-hybridized carbons (Fsp3) is 0.429. The van der Waals surface area contributed by atoms with Crippen LogP contribution in [-0.2, 0) is 13.0 Å². The predicted octanol–water partition coefficient (Wildman–Crippen LogP) is 4.98. The first-order chi connectivity index (χ1) is 12.5. The normalized spacial score (nSPS) is 10.8. The smallest absolute Gasteiger partial charge is 0.175 e. The summed E-state index contributed by atoms with van der Waals surface area (Å²) in [6, 6.07) is 12.2. The zero-order valence-electron chi connectivity index (χ0n) is 16.0. The molecule has 0 spiro atoms. The third kappa shape index (κ3) is 5.92. The fourth-order valence-corrected chi connectivity index (χ4v) is 3.28. The largest absolute Gasteiger partial charge is 0.496 e. The molecule has 0 unspecified atom stereocenters. The first kappa shape index (κ1) is 20.6. The number of halogens is 1. The lowest BCUT2D eigenvalue weighted by atomic mass is 10.1. The van der Waals surface area contributed by atoms with Gasteiger partial charge in [-0.2, -0.15) is 0 Å². The molecule has 2 aromatic rings. The Labute approximate surface area is 165 Å². The van der Waals surface area contributed by atoms with Gasteiger partial charge in [-0.05, 0) is 79.0 Å². The van der Waals surface area contributed by atoms with Gasteiger partial charge in [0.2, 0.25) is 0 Å². The van der Waals surface area contributed by atoms with Gasteiger partial charge in [0.1, 0.15) is 5.75 Å². The van der Waals surface area contributed by atoms with Crippen molar-refractivity contribution in [3.05, 3.63) is 52.0 Å². The fourth-order valence-electron chi connectivity index (χ4n) is 2.70. The Morgan fingerprint density at radius 2 is 1.88 bits per heavy atom. The molecule has 0 amide bonds. The molecule has 0 heterocycles. The van der Waals surface area contributed by atoms with Gasteiger partial charge in [0.25, 0.3) is 0 Å². The Morgan fingerprint density at radius 3 is 2.58 bits per heavy atom. The Morgan fingerprint density at radius 1 is 1.12 bits per heavy atom. The number of hydrogen-bond donors (Lipinski definition) is 1. The van der Waals surface area contributed by atoms with E-state index >= 15 is 0 Å². The highest BCUT2D eigenvalue weighted by atomic mass is 79.9. The van der Waals surface area contributed by atoms with Gasteiger partial charge >= 0.3 is 0 Å². The zero-order valence-corrected chi connectivity index (χ0v) is 17.6. The van der Waals surface area contributed by atoms with Crippen molar-refractivity contribution >= 4 is 15.9 Å². The van der Waals surface area contributed by atoms with Crippen LogP contribution in [0.5, 0.6) is 17.2 Å². The summed E-state index contributed by atoms with van der Waals surface area (Å²) in [4.78, 5) is 0. The van der Waals surface area contributed by atoms with E-state index in [4.69, 9.17) is 14.2 Å². The van der Waals surface area contributed by atoms with E-state index in [-0.39, 0.29) is 6.10 Å². The highest BCUT2D eigenvalue weighted by Gasteiger charge is 2.13. The number of ether oxygens (including phenoxy) is 3. The molecule has 26 heavy (non-hydrogen) atoms. The van der Waals surface area contributed by atoms with Gasteiger partial charge < -0.3 is 19.5 Å². The van der Waals surface area contributed by atoms with E-state index in [9.17, 15) is 0 Å². The van der Waals surface area contributed by atoms with Gasteiger partial charge in [0.15, 0.2) is 11.5 Å². The van der Waals surface area contributed by atoms with Crippen molar-refractivity contribution in [2.24, 2.45) is 0 Å². The molecule has 0 fully saturated rings. The molecule has 0 aliphatic rings. The minimum atomic E-state index is 0.0929. The van der Waals surface area contributed by atoms with E-state index in [1.165, 1.54) is 5.56 Å². The van der Waals surface area contributed by atoms with E-state index < -0.39 is 0 Å². The molecule has 0 saturated carbocycles. The van der Waals surface area contributed by atoms with Crippen molar-refractivity contribution in [3.63, 3.8) is 0 Å². The third-order valence-electron chi connectivity index (χ3n) is 3.82. The van der Waals surface area contributed by atoms with Crippen molar-refractivity contribution < 1.29 is 14.2 Å². The minimum absolute atomic E-state index is 0.0929. The van der Waals surface area contributed by atoms with E-state index in [2.05, 4.69) is 33.4 Å². The summed E-state index contributed by atoms with van der Waals surface area (Å²) in [7, 11) is 1.71. The van der Waals surface area contributed by atoms with Crippen molar-refractivity contribution in [1.29, 1.82) is 0 Å². The molecule has 0 bridgehead atoms. The molecule has 5 heteroatoms. The maximum Gasteiger partial charge on any atom is 0.175 e. The second kappa shape index (κ2) is 10.4. The van der Waals surface area contributed by atoms with Crippen LogP contribution in [0.4, 0.5) is 0 Å². The van der Waals surface area contributed by atoms with Crippen LogP contribution in [0.3, 0.4) is 0 Å². The van der Waals surface area contributed by atoms with Crippen LogP contribution >= 0.6 is 15.9 Å². The molecule has 142 valence electrons. The van der Waals surface area contributed by atoms with Crippen molar-refractivity contribution in [2.45, 2.75) is 39.8 Å². The van der Waals surface area contributed by atoms with E-state index in [0.29, 0.717) is 6.61 Å². The number of methoxy groups -OCH3 is 1. The van der Waals surface area contributed by atoms with Crippen LogP contribution in [0.25, 0.3) is 0 Å². The second-order valence-electron chi connectivity index (χ2n) is 6.24. The van der Waals surface area contributed by atoms with Crippen LogP contribution in [-0.4, -0.2) is 26.4 Å². The summed E-state index contributed by atoms with van der Waals surface area (Å²) in [5.41, 5.74) is 2.36. The summed E-state index contributed by atoms with van der Waals surface area (Å²) in [5, 5.41) is 3.49. The third-order valence-corrected chi connectivity index (χ3v) is 4.40. The lowest BCUT2D eigenvalue weighted by molar-refractivity contribution is 0.222. The Hall–Kier alpha value is -1.72. The highest BCUT2D eigenvalue weighted by molar-refractivity contribution is 9.10. The van der Waals surface area contributed by atoms with Gasteiger partial charge in [0.05, 0.1) is 24.3 Å². The quantitative estimate of drug-likeness (QED) is 0.549. The zero-order chi connectivity index (χ0) is 18.9. The van der Waals surface area contributed by atoms with Crippen LogP contribution in [0.2, 0.25) is 0 Å². The van der Waals surface area contributed by atoms with E-state index in [0.717, 1.165) is 46.8 Å². The molecule has 2 rings (SSSR count). The minimum Gasteiger partial charge on any atom is -0.496 e. The SMILES string of the molecule is CCOc1cc(CNCCc2ccccc2OC)cc(Br)c1OC(C)C. The molecule has 1 N–H and O–H groups in total. The standard InChI is InChI=1S/C21H28BrNO3/c1-5-25-20-13-16(12-18(22)21(20)26-15(2)3)14-23-11-10-17-8-6-7-9-19(17)24-4/h6-9,12-13,15,23H,5,10-11,14H2,1-4H3. The van der Waals surface area contributed by atoms with Crippen LogP contribution < -0.4 is 19.5 Å². The molecule has 0 atom stereocenters. The van der Waals surface area contributed by atoms with Crippen LogP contribution in [0.15, 0.2) is 40.9 Å². The number of para-hydroxylation sites is 1. The summed E-state index contributed by atoms with van der Waals surface area (Å²) in [6.07, 6.45) is 1.01. The van der Waals surface area contributed by atoms with Crippen molar-refractivity contribution in [3.8, 4) is 17.2 Å². The van der Waals surface area contributed by atoms with Crippen molar-refractivity contribution in [2.75, 3.05) is 20.3 Å². The average Bonchev–Trinajstić information content (AvgIpc) is 2.62. The van der Waals surface area contributed by atoms with Gasteiger partial charge in [-0.25, -0.2) is 0 Å². The topological polar surface area (TPSA) is 39.7 Å². The summed E-state index contributed by atoms with van der Waals surface area (Å²) in [6.45, 7) is 8.23. The molecule has 0 radical (unpaired) electrons. The van der Waals surface area contributed by atoms with E-state index in [1.54, 1.807) is 7.11 Å². The highest BCUT2D eigenvalue weighted by Crippen LogP contribution is 2.37. The summed E-state index contributed by atoms with van der Waals surface area (Å²) >= 11 is 3.61. The van der Waals surface area contributed by atoms with Crippen LogP contribution in [0.1, 0.15) is 31.9 Å². The molecule has 2 aromatic carbocycles. The van der Waals surface area contributed by atoms with Gasteiger partial charge in [-0.1, -0.05) is 18.2 Å². The number of hydrogen-bond acceptors (Lipinski definition) is 4. The Bertz CT molecular complexity index is 704.